The van der Waals surface area contributed by atoms with Crippen LogP contribution in [0.1, 0.15) is 29.8 Å². The van der Waals surface area contributed by atoms with E-state index in [0.29, 0.717) is 36.6 Å². The zero-order chi connectivity index (χ0) is 18.9. The topological polar surface area (TPSA) is 58.6 Å². The molecule has 6 heteroatoms. The summed E-state index contributed by atoms with van der Waals surface area (Å²) in [5.41, 5.74) is 1.16. The molecule has 0 aromatic heterocycles. The van der Waals surface area contributed by atoms with E-state index >= 15 is 0 Å². The Balaban J connectivity index is 1.89. The maximum atomic E-state index is 13.3. The minimum absolute atomic E-state index is 0.116. The second-order valence-corrected chi connectivity index (χ2v) is 5.68. The second-order valence-electron chi connectivity index (χ2n) is 5.68. The number of ether oxygens (including phenoxy) is 1. The van der Waals surface area contributed by atoms with E-state index in [1.807, 2.05) is 13.8 Å². The Morgan fingerprint density at radius 3 is 2.46 bits per heavy atom. The summed E-state index contributed by atoms with van der Waals surface area (Å²) in [6, 6.07) is 12.8. The first-order valence-corrected chi connectivity index (χ1v) is 8.56. The first kappa shape index (κ1) is 19.4. The molecule has 0 heterocycles. The molecule has 0 atom stereocenters. The van der Waals surface area contributed by atoms with E-state index in [2.05, 4.69) is 5.32 Å². The molecule has 0 aliphatic carbocycles. The number of hydrogen-bond acceptors (Lipinski definition) is 3. The molecule has 1 N–H and O–H groups in total. The smallest absolute Gasteiger partial charge is 0.251 e. The third-order valence-electron chi connectivity index (χ3n) is 3.82. The first-order chi connectivity index (χ1) is 12.5. The van der Waals surface area contributed by atoms with Gasteiger partial charge in [-0.15, -0.1) is 0 Å². The Labute approximate surface area is 152 Å². The van der Waals surface area contributed by atoms with Crippen molar-refractivity contribution in [3.05, 3.63) is 65.5 Å². The summed E-state index contributed by atoms with van der Waals surface area (Å²) >= 11 is 0. The second kappa shape index (κ2) is 9.56. The molecule has 0 unspecified atom stereocenters. The molecule has 2 aromatic rings. The fourth-order valence-electron chi connectivity index (χ4n) is 2.47. The van der Waals surface area contributed by atoms with Crippen molar-refractivity contribution in [2.45, 2.75) is 20.4 Å². The molecule has 0 fully saturated rings. The summed E-state index contributed by atoms with van der Waals surface area (Å²) in [7, 11) is 0. The van der Waals surface area contributed by atoms with Gasteiger partial charge in [-0.2, -0.15) is 0 Å². The molecule has 2 rings (SSSR count). The highest BCUT2D eigenvalue weighted by molar-refractivity contribution is 5.96. The van der Waals surface area contributed by atoms with Gasteiger partial charge in [0.25, 0.3) is 5.91 Å². The normalized spacial score (nSPS) is 10.3. The Morgan fingerprint density at radius 1 is 1.12 bits per heavy atom. The molecule has 2 amide bonds. The Bertz CT molecular complexity index is 747. The van der Waals surface area contributed by atoms with Crippen LogP contribution in [-0.4, -0.2) is 36.4 Å². The number of rotatable bonds is 8. The molecular formula is C20H23FN2O3. The Morgan fingerprint density at radius 2 is 1.85 bits per heavy atom. The summed E-state index contributed by atoms with van der Waals surface area (Å²) in [5, 5.41) is 2.62. The van der Waals surface area contributed by atoms with Crippen LogP contribution in [-0.2, 0) is 11.3 Å². The van der Waals surface area contributed by atoms with Crippen molar-refractivity contribution >= 4 is 11.8 Å². The zero-order valence-electron chi connectivity index (χ0n) is 15.0. The summed E-state index contributed by atoms with van der Waals surface area (Å²) in [6.45, 7) is 4.93. The van der Waals surface area contributed by atoms with E-state index in [1.165, 1.54) is 12.1 Å². The van der Waals surface area contributed by atoms with Crippen molar-refractivity contribution in [1.29, 1.82) is 0 Å². The molecule has 0 spiro atoms. The highest BCUT2D eigenvalue weighted by atomic mass is 19.1. The lowest BCUT2D eigenvalue weighted by Gasteiger charge is -2.21. The van der Waals surface area contributed by atoms with Crippen LogP contribution in [0.4, 0.5) is 4.39 Å². The number of amides is 2. The van der Waals surface area contributed by atoms with E-state index < -0.39 is 0 Å². The van der Waals surface area contributed by atoms with Crippen LogP contribution in [0, 0.1) is 5.82 Å². The first-order valence-electron chi connectivity index (χ1n) is 8.56. The van der Waals surface area contributed by atoms with Crippen LogP contribution >= 0.6 is 0 Å². The monoisotopic (exact) mass is 358 g/mol. The van der Waals surface area contributed by atoms with Crippen LogP contribution in [0.25, 0.3) is 0 Å². The quantitative estimate of drug-likeness (QED) is 0.789. The molecule has 2 aromatic carbocycles. The third kappa shape index (κ3) is 5.58. The van der Waals surface area contributed by atoms with Gasteiger partial charge >= 0.3 is 0 Å². The third-order valence-corrected chi connectivity index (χ3v) is 3.82. The van der Waals surface area contributed by atoms with Crippen LogP contribution in [0.5, 0.6) is 5.75 Å². The number of nitrogens with zero attached hydrogens (tertiary/aromatic N) is 1. The molecule has 0 saturated heterocycles. The number of carbonyl (C=O) groups is 2. The highest BCUT2D eigenvalue weighted by Crippen LogP contribution is 2.12. The number of benzene rings is 2. The van der Waals surface area contributed by atoms with Gasteiger partial charge in [-0.05, 0) is 55.8 Å². The van der Waals surface area contributed by atoms with Crippen LogP contribution < -0.4 is 10.1 Å². The Hall–Kier alpha value is -2.89. The predicted octanol–water partition coefficient (Wildman–Crippen LogP) is 3.00. The van der Waals surface area contributed by atoms with Crippen molar-refractivity contribution < 1.29 is 18.7 Å². The highest BCUT2D eigenvalue weighted by Gasteiger charge is 2.14. The minimum atomic E-state index is -0.338. The predicted molar refractivity (Wildman–Crippen MR) is 97.4 cm³/mol. The lowest BCUT2D eigenvalue weighted by molar-refractivity contribution is -0.130. The van der Waals surface area contributed by atoms with Gasteiger partial charge in [0.15, 0.2) is 0 Å². The van der Waals surface area contributed by atoms with Crippen molar-refractivity contribution in [2.24, 2.45) is 0 Å². The fraction of sp³-hybridized carbons (Fsp3) is 0.300. The Kier molecular flexibility index (Phi) is 7.14. The lowest BCUT2D eigenvalue weighted by Crippen LogP contribution is -2.39. The largest absolute Gasteiger partial charge is 0.494 e. The van der Waals surface area contributed by atoms with Crippen molar-refractivity contribution in [2.75, 3.05) is 19.7 Å². The summed E-state index contributed by atoms with van der Waals surface area (Å²) < 4.78 is 18.6. The number of likely N-dealkylation sites (N-methyl/N-ethyl adjacent to an activating group) is 1. The molecular weight excluding hydrogens is 335 g/mol. The molecule has 0 saturated carbocycles. The van der Waals surface area contributed by atoms with E-state index in [1.54, 1.807) is 41.3 Å². The average molecular weight is 358 g/mol. The SMILES string of the molecule is CCOc1ccc(C(=O)NCC(=O)N(CC)Cc2cccc(F)c2)cc1. The number of nitrogens with one attached hydrogen (secondary N) is 1. The summed E-state index contributed by atoms with van der Waals surface area (Å²) in [6.07, 6.45) is 0. The van der Waals surface area contributed by atoms with Gasteiger partial charge < -0.3 is 15.0 Å². The fourth-order valence-corrected chi connectivity index (χ4v) is 2.47. The number of carbonyl (C=O) groups excluding carboxylic acids is 2. The van der Waals surface area contributed by atoms with Crippen LogP contribution in [0.2, 0.25) is 0 Å². The van der Waals surface area contributed by atoms with Gasteiger partial charge in [-0.3, -0.25) is 9.59 Å². The minimum Gasteiger partial charge on any atom is -0.494 e. The van der Waals surface area contributed by atoms with Crippen molar-refractivity contribution in [3.63, 3.8) is 0 Å². The molecule has 138 valence electrons. The molecule has 0 aliphatic rings. The van der Waals surface area contributed by atoms with Crippen molar-refractivity contribution in [3.8, 4) is 5.75 Å². The molecule has 5 nitrogen and oxygen atoms in total. The molecule has 26 heavy (non-hydrogen) atoms. The molecule has 0 radical (unpaired) electrons. The van der Waals surface area contributed by atoms with Gasteiger partial charge in [0, 0.05) is 18.7 Å². The van der Waals surface area contributed by atoms with E-state index in [9.17, 15) is 14.0 Å². The van der Waals surface area contributed by atoms with Gasteiger partial charge in [0.1, 0.15) is 11.6 Å². The number of hydrogen-bond donors (Lipinski definition) is 1. The van der Waals surface area contributed by atoms with E-state index in [-0.39, 0.29) is 24.2 Å². The standard InChI is InChI=1S/C20H23FN2O3/c1-3-23(14-15-6-5-7-17(21)12-15)19(24)13-22-20(25)16-8-10-18(11-9-16)26-4-2/h5-12H,3-4,13-14H2,1-2H3,(H,22,25). The van der Waals surface area contributed by atoms with Gasteiger partial charge in [-0.25, -0.2) is 4.39 Å². The molecule has 0 bridgehead atoms. The van der Waals surface area contributed by atoms with Gasteiger partial charge in [0.05, 0.1) is 13.2 Å². The maximum absolute atomic E-state index is 13.3. The number of halogens is 1. The zero-order valence-corrected chi connectivity index (χ0v) is 15.0. The maximum Gasteiger partial charge on any atom is 0.251 e. The van der Waals surface area contributed by atoms with Crippen molar-refractivity contribution in [1.82, 2.24) is 10.2 Å². The van der Waals surface area contributed by atoms with Gasteiger partial charge in [0.2, 0.25) is 5.91 Å². The summed E-state index contributed by atoms with van der Waals surface area (Å²) in [5.74, 6) is -0.207. The van der Waals surface area contributed by atoms with Gasteiger partial charge in [-0.1, -0.05) is 12.1 Å². The van der Waals surface area contributed by atoms with Crippen LogP contribution in [0.3, 0.4) is 0 Å². The molecule has 0 aliphatic heterocycles. The average Bonchev–Trinajstić information content (AvgIpc) is 2.65. The van der Waals surface area contributed by atoms with Crippen LogP contribution in [0.15, 0.2) is 48.5 Å². The lowest BCUT2D eigenvalue weighted by atomic mass is 10.2. The van der Waals surface area contributed by atoms with E-state index in [0.717, 1.165) is 0 Å². The summed E-state index contributed by atoms with van der Waals surface area (Å²) in [4.78, 5) is 26.1. The van der Waals surface area contributed by atoms with E-state index in [4.69, 9.17) is 4.74 Å².